The summed E-state index contributed by atoms with van der Waals surface area (Å²) in [6, 6.07) is 1.59. The fourth-order valence-corrected chi connectivity index (χ4v) is 3.68. The Labute approximate surface area is 146 Å². The minimum absolute atomic E-state index is 0.0583. The summed E-state index contributed by atoms with van der Waals surface area (Å²) in [5.74, 6) is 0.0893. The highest BCUT2D eigenvalue weighted by atomic mass is 32.1. The van der Waals surface area contributed by atoms with Crippen LogP contribution in [0.1, 0.15) is 44.1 Å². The van der Waals surface area contributed by atoms with E-state index in [-0.39, 0.29) is 30.2 Å². The Bertz CT molecular complexity index is 1030. The number of H-pyrrole nitrogens is 1. The van der Waals surface area contributed by atoms with Crippen LogP contribution in [0.5, 0.6) is 0 Å². The van der Waals surface area contributed by atoms with Crippen LogP contribution in [-0.2, 0) is 11.2 Å². The average Bonchev–Trinajstić information content (AvgIpc) is 3.11. The summed E-state index contributed by atoms with van der Waals surface area (Å²) >= 11 is 1.09. The molecule has 7 nitrogen and oxygen atoms in total. The summed E-state index contributed by atoms with van der Waals surface area (Å²) in [6.07, 6.45) is 1.38. The molecular weight excluding hydrogens is 344 g/mol. The Morgan fingerprint density at radius 1 is 1.36 bits per heavy atom. The number of rotatable bonds is 5. The van der Waals surface area contributed by atoms with Gasteiger partial charge in [-0.2, -0.15) is 0 Å². The molecule has 8 heteroatoms. The van der Waals surface area contributed by atoms with Crippen molar-refractivity contribution in [1.29, 1.82) is 0 Å². The van der Waals surface area contributed by atoms with E-state index < -0.39 is 5.97 Å². The molecule has 0 spiro atoms. The number of aromatic amines is 1. The van der Waals surface area contributed by atoms with Gasteiger partial charge in [0.1, 0.15) is 21.3 Å². The Hall–Kier alpha value is -2.74. The Morgan fingerprint density at radius 2 is 2.12 bits per heavy atom. The van der Waals surface area contributed by atoms with Gasteiger partial charge in [-0.15, -0.1) is 11.3 Å². The molecule has 0 bridgehead atoms. The number of thiophene rings is 1. The van der Waals surface area contributed by atoms with Crippen molar-refractivity contribution in [3.63, 3.8) is 0 Å². The fraction of sp³-hybridized carbons (Fsp3) is 0.294. The van der Waals surface area contributed by atoms with Gasteiger partial charge in [-0.3, -0.25) is 9.59 Å². The molecule has 1 N–H and O–H groups in total. The van der Waals surface area contributed by atoms with Crippen LogP contribution >= 0.6 is 11.3 Å². The topological polar surface area (TPSA) is 102 Å². The fourth-order valence-electron chi connectivity index (χ4n) is 2.59. The molecule has 130 valence electrons. The number of hydrogen-bond donors (Lipinski definition) is 1. The number of aryl methyl sites for hydroxylation is 2. The quantitative estimate of drug-likeness (QED) is 0.554. The first kappa shape index (κ1) is 17.1. The van der Waals surface area contributed by atoms with E-state index in [1.165, 1.54) is 6.26 Å². The number of nitrogens with zero attached hydrogens (tertiary/aromatic N) is 1. The molecule has 3 aromatic rings. The Balaban J connectivity index is 1.99. The number of nitrogens with one attached hydrogen (secondary N) is 1. The van der Waals surface area contributed by atoms with Crippen LogP contribution < -0.4 is 5.56 Å². The van der Waals surface area contributed by atoms with Gasteiger partial charge in [0.2, 0.25) is 0 Å². The van der Waals surface area contributed by atoms with Gasteiger partial charge in [0.15, 0.2) is 5.78 Å². The van der Waals surface area contributed by atoms with Gasteiger partial charge in [-0.05, 0) is 32.4 Å². The minimum atomic E-state index is -0.478. The zero-order valence-corrected chi connectivity index (χ0v) is 14.8. The summed E-state index contributed by atoms with van der Waals surface area (Å²) < 4.78 is 10.1. The molecule has 0 aliphatic rings. The third-order valence-corrected chi connectivity index (χ3v) is 4.96. The summed E-state index contributed by atoms with van der Waals surface area (Å²) in [7, 11) is 0. The van der Waals surface area contributed by atoms with E-state index in [1.54, 1.807) is 26.8 Å². The van der Waals surface area contributed by atoms with Gasteiger partial charge in [0.05, 0.1) is 30.2 Å². The Kier molecular flexibility index (Phi) is 4.54. The predicted octanol–water partition coefficient (Wildman–Crippen LogP) is 2.80. The number of ether oxygens (including phenoxy) is 1. The van der Waals surface area contributed by atoms with E-state index in [9.17, 15) is 14.4 Å². The van der Waals surface area contributed by atoms with Gasteiger partial charge >= 0.3 is 5.97 Å². The highest BCUT2D eigenvalue weighted by molar-refractivity contribution is 7.20. The van der Waals surface area contributed by atoms with Crippen LogP contribution in [0, 0.1) is 13.8 Å². The van der Waals surface area contributed by atoms with Gasteiger partial charge in [-0.25, -0.2) is 9.78 Å². The number of carbonyl (C=O) groups is 2. The molecule has 3 aromatic heterocycles. The summed E-state index contributed by atoms with van der Waals surface area (Å²) in [5.41, 5.74) is 0.620. The lowest BCUT2D eigenvalue weighted by Gasteiger charge is -2.00. The smallest absolute Gasteiger partial charge is 0.348 e. The van der Waals surface area contributed by atoms with Gasteiger partial charge in [0.25, 0.3) is 5.56 Å². The van der Waals surface area contributed by atoms with Crippen molar-refractivity contribution in [2.45, 2.75) is 27.2 Å². The van der Waals surface area contributed by atoms with Crippen molar-refractivity contribution in [2.24, 2.45) is 0 Å². The highest BCUT2D eigenvalue weighted by Gasteiger charge is 2.21. The number of esters is 1. The molecule has 0 saturated heterocycles. The SMILES string of the molecule is CCOC(=O)c1sc2nc(CC(=O)c3ccoc3C)[nH]c(=O)c2c1C. The van der Waals surface area contributed by atoms with E-state index in [0.29, 0.717) is 32.0 Å². The monoisotopic (exact) mass is 360 g/mol. The number of ketones is 1. The number of aromatic nitrogens is 2. The van der Waals surface area contributed by atoms with Crippen LogP contribution in [0.4, 0.5) is 0 Å². The average molecular weight is 360 g/mol. The molecule has 25 heavy (non-hydrogen) atoms. The van der Waals surface area contributed by atoms with E-state index in [4.69, 9.17) is 9.15 Å². The lowest BCUT2D eigenvalue weighted by molar-refractivity contribution is 0.0531. The second kappa shape index (κ2) is 6.64. The van der Waals surface area contributed by atoms with Crippen molar-refractivity contribution in [1.82, 2.24) is 9.97 Å². The second-order valence-corrected chi connectivity index (χ2v) is 6.46. The van der Waals surface area contributed by atoms with E-state index in [1.807, 2.05) is 0 Å². The Morgan fingerprint density at radius 3 is 2.76 bits per heavy atom. The minimum Gasteiger partial charge on any atom is -0.469 e. The molecule has 3 heterocycles. The number of fused-ring (bicyclic) bond motifs is 1. The summed E-state index contributed by atoms with van der Waals surface area (Å²) in [5, 5.41) is 0.351. The second-order valence-electron chi connectivity index (χ2n) is 5.46. The van der Waals surface area contributed by atoms with E-state index in [2.05, 4.69) is 9.97 Å². The number of hydrogen-bond acceptors (Lipinski definition) is 7. The molecule has 0 amide bonds. The van der Waals surface area contributed by atoms with Gasteiger partial charge in [0, 0.05) is 0 Å². The largest absolute Gasteiger partial charge is 0.469 e. The van der Waals surface area contributed by atoms with Crippen LogP contribution in [-0.4, -0.2) is 28.3 Å². The maximum atomic E-state index is 12.4. The van der Waals surface area contributed by atoms with Crippen molar-refractivity contribution in [2.75, 3.05) is 6.61 Å². The first-order valence-electron chi connectivity index (χ1n) is 7.69. The lowest BCUT2D eigenvalue weighted by atomic mass is 10.1. The normalized spacial score (nSPS) is 11.0. The van der Waals surface area contributed by atoms with Gasteiger partial charge < -0.3 is 14.1 Å². The maximum absolute atomic E-state index is 12.4. The molecule has 0 radical (unpaired) electrons. The van der Waals surface area contributed by atoms with Crippen molar-refractivity contribution >= 4 is 33.3 Å². The third-order valence-electron chi connectivity index (χ3n) is 3.80. The first-order valence-corrected chi connectivity index (χ1v) is 8.50. The summed E-state index contributed by atoms with van der Waals surface area (Å²) in [6.45, 7) is 5.34. The number of furan rings is 1. The maximum Gasteiger partial charge on any atom is 0.348 e. The zero-order chi connectivity index (χ0) is 18.1. The molecule has 0 aliphatic heterocycles. The molecular formula is C17H16N2O5S. The van der Waals surface area contributed by atoms with E-state index >= 15 is 0 Å². The van der Waals surface area contributed by atoms with Crippen LogP contribution in [0.15, 0.2) is 21.5 Å². The first-order chi connectivity index (χ1) is 11.9. The molecule has 3 rings (SSSR count). The van der Waals surface area contributed by atoms with Crippen molar-refractivity contribution in [3.05, 3.63) is 50.3 Å². The van der Waals surface area contributed by atoms with Gasteiger partial charge in [-0.1, -0.05) is 0 Å². The van der Waals surface area contributed by atoms with Crippen LogP contribution in [0.2, 0.25) is 0 Å². The molecule has 0 atom stereocenters. The van der Waals surface area contributed by atoms with E-state index in [0.717, 1.165) is 11.3 Å². The molecule has 0 fully saturated rings. The van der Waals surface area contributed by atoms with Crippen molar-refractivity contribution < 1.29 is 18.7 Å². The molecule has 0 unspecified atom stereocenters. The lowest BCUT2D eigenvalue weighted by Crippen LogP contribution is -2.15. The number of carbonyl (C=O) groups excluding carboxylic acids is 2. The van der Waals surface area contributed by atoms with Crippen LogP contribution in [0.3, 0.4) is 0 Å². The molecule has 0 saturated carbocycles. The molecule has 0 aliphatic carbocycles. The number of Topliss-reactive ketones (excluding diaryl/α,β-unsaturated/α-hetero) is 1. The van der Waals surface area contributed by atoms with Crippen molar-refractivity contribution in [3.8, 4) is 0 Å². The third kappa shape index (κ3) is 3.12. The standard InChI is InChI=1S/C17H16N2O5S/c1-4-23-17(22)14-8(2)13-15(21)18-12(19-16(13)25-14)7-11(20)10-5-6-24-9(10)3/h5-6H,4,7H2,1-3H3,(H,18,19,21). The summed E-state index contributed by atoms with van der Waals surface area (Å²) in [4.78, 5) is 44.4. The van der Waals surface area contributed by atoms with Crippen LogP contribution in [0.25, 0.3) is 10.2 Å². The highest BCUT2D eigenvalue weighted by Crippen LogP contribution is 2.27. The predicted molar refractivity (Wildman–Crippen MR) is 92.4 cm³/mol. The molecule has 0 aromatic carbocycles. The zero-order valence-electron chi connectivity index (χ0n) is 14.0.